The summed E-state index contributed by atoms with van der Waals surface area (Å²) in [4.78, 5) is 0. The van der Waals surface area contributed by atoms with Crippen LogP contribution in [0.15, 0.2) is 12.1 Å². The molecule has 1 heterocycles. The molecule has 90 valence electrons. The van der Waals surface area contributed by atoms with Crippen molar-refractivity contribution < 1.29 is 10.2 Å². The molecule has 1 aliphatic rings. The molecular formula is C13H16N2O2. The molecule has 0 bridgehead atoms. The number of aliphatic hydroxyl groups excluding tert-OH is 1. The Bertz CT molecular complexity index is 572. The summed E-state index contributed by atoms with van der Waals surface area (Å²) in [6.07, 6.45) is 2.65. The van der Waals surface area contributed by atoms with E-state index < -0.39 is 6.10 Å². The number of hydrogen-bond acceptors (Lipinski definition) is 3. The molecule has 2 aromatic rings. The Morgan fingerprint density at radius 1 is 1.41 bits per heavy atom. The highest BCUT2D eigenvalue weighted by molar-refractivity contribution is 5.90. The van der Waals surface area contributed by atoms with E-state index in [2.05, 4.69) is 5.10 Å². The highest BCUT2D eigenvalue weighted by atomic mass is 16.3. The van der Waals surface area contributed by atoms with Crippen molar-refractivity contribution in [1.29, 1.82) is 0 Å². The van der Waals surface area contributed by atoms with Gasteiger partial charge >= 0.3 is 0 Å². The lowest BCUT2D eigenvalue weighted by atomic mass is 9.94. The molecule has 4 nitrogen and oxygen atoms in total. The van der Waals surface area contributed by atoms with E-state index in [4.69, 9.17) is 0 Å². The van der Waals surface area contributed by atoms with Gasteiger partial charge in [0.05, 0.1) is 18.3 Å². The van der Waals surface area contributed by atoms with Gasteiger partial charge in [0.2, 0.25) is 0 Å². The highest BCUT2D eigenvalue weighted by Gasteiger charge is 2.21. The van der Waals surface area contributed by atoms with Crippen LogP contribution in [0.2, 0.25) is 0 Å². The summed E-state index contributed by atoms with van der Waals surface area (Å²) in [6, 6.07) is 3.71. The summed E-state index contributed by atoms with van der Waals surface area (Å²) in [6.45, 7) is 2.15. The molecule has 0 spiro atoms. The molecule has 1 aromatic carbocycles. The summed E-state index contributed by atoms with van der Waals surface area (Å²) in [5, 5.41) is 25.1. The molecule has 3 rings (SSSR count). The smallest absolute Gasteiger partial charge is 0.141 e. The van der Waals surface area contributed by atoms with Gasteiger partial charge in [-0.15, -0.1) is 0 Å². The molecule has 4 heteroatoms. The van der Waals surface area contributed by atoms with Crippen molar-refractivity contribution in [2.24, 2.45) is 0 Å². The molecule has 0 aliphatic heterocycles. The summed E-state index contributed by atoms with van der Waals surface area (Å²) in [5.41, 5.74) is 3.09. The fourth-order valence-corrected chi connectivity index (χ4v) is 2.66. The van der Waals surface area contributed by atoms with Crippen LogP contribution >= 0.6 is 0 Å². The predicted octanol–water partition coefficient (Wildman–Crippen LogP) is 1.61. The van der Waals surface area contributed by atoms with Gasteiger partial charge in [-0.3, -0.25) is 4.68 Å². The number of phenolic OH excluding ortho intramolecular Hbond substituents is 1. The molecule has 1 atom stereocenters. The first kappa shape index (κ1) is 10.6. The minimum absolute atomic E-state index is 0.255. The van der Waals surface area contributed by atoms with Gasteiger partial charge < -0.3 is 10.2 Å². The van der Waals surface area contributed by atoms with Crippen LogP contribution in [-0.2, 0) is 19.4 Å². The van der Waals surface area contributed by atoms with E-state index in [1.807, 2.05) is 6.07 Å². The van der Waals surface area contributed by atoms with E-state index in [0.717, 1.165) is 35.9 Å². The fourth-order valence-electron chi connectivity index (χ4n) is 2.66. The lowest BCUT2D eigenvalue weighted by molar-refractivity contribution is 0.170. The Kier molecular flexibility index (Phi) is 2.33. The molecule has 0 amide bonds. The summed E-state index contributed by atoms with van der Waals surface area (Å²) in [7, 11) is 0. The quantitative estimate of drug-likeness (QED) is 0.827. The monoisotopic (exact) mass is 232 g/mol. The second-order valence-electron chi connectivity index (χ2n) is 4.80. The van der Waals surface area contributed by atoms with Crippen LogP contribution in [-0.4, -0.2) is 26.1 Å². The van der Waals surface area contributed by atoms with Crippen molar-refractivity contribution in [3.05, 3.63) is 23.4 Å². The van der Waals surface area contributed by atoms with Crippen LogP contribution in [0, 0.1) is 0 Å². The van der Waals surface area contributed by atoms with E-state index in [0.29, 0.717) is 6.54 Å². The average molecular weight is 232 g/mol. The molecule has 0 saturated carbocycles. The number of hydrogen-bond donors (Lipinski definition) is 2. The predicted molar refractivity (Wildman–Crippen MR) is 65.1 cm³/mol. The van der Waals surface area contributed by atoms with Crippen molar-refractivity contribution in [1.82, 2.24) is 9.78 Å². The Morgan fingerprint density at radius 3 is 3.00 bits per heavy atom. The van der Waals surface area contributed by atoms with E-state index in [-0.39, 0.29) is 5.75 Å². The van der Waals surface area contributed by atoms with Gasteiger partial charge in [0.25, 0.3) is 0 Å². The second kappa shape index (κ2) is 3.74. The first-order valence-electron chi connectivity index (χ1n) is 6.05. The van der Waals surface area contributed by atoms with E-state index >= 15 is 0 Å². The molecule has 1 aromatic heterocycles. The van der Waals surface area contributed by atoms with Gasteiger partial charge in [-0.2, -0.15) is 5.10 Å². The van der Waals surface area contributed by atoms with Crippen LogP contribution in [0.25, 0.3) is 10.9 Å². The third kappa shape index (κ3) is 1.60. The van der Waals surface area contributed by atoms with E-state index in [9.17, 15) is 10.2 Å². The fraction of sp³-hybridized carbons (Fsp3) is 0.462. The standard InChI is InChI=1S/C13H16N2O2/c1-8(16)7-15-13-11(17)6-5-9-3-2-4-10(14-15)12(9)13/h5-6,8,16-17H,2-4,7H2,1H3. The van der Waals surface area contributed by atoms with Crippen molar-refractivity contribution in [2.45, 2.75) is 38.8 Å². The molecule has 0 fully saturated rings. The number of aromatic hydroxyl groups is 1. The molecule has 2 N–H and O–H groups in total. The first-order valence-corrected chi connectivity index (χ1v) is 6.05. The number of rotatable bonds is 2. The van der Waals surface area contributed by atoms with Gasteiger partial charge in [-0.1, -0.05) is 6.07 Å². The normalized spacial score (nSPS) is 16.4. The number of aromatic nitrogens is 2. The number of aliphatic hydroxyl groups is 1. The number of phenols is 1. The van der Waals surface area contributed by atoms with Gasteiger partial charge in [-0.05, 0) is 37.8 Å². The van der Waals surface area contributed by atoms with Crippen LogP contribution in [0.5, 0.6) is 5.75 Å². The van der Waals surface area contributed by atoms with Crippen LogP contribution in [0.3, 0.4) is 0 Å². The lowest BCUT2D eigenvalue weighted by Crippen LogP contribution is -2.13. The number of aryl methyl sites for hydroxylation is 2. The van der Waals surface area contributed by atoms with Crippen molar-refractivity contribution in [3.63, 3.8) is 0 Å². The molecular weight excluding hydrogens is 216 g/mol. The van der Waals surface area contributed by atoms with Crippen LogP contribution in [0.4, 0.5) is 0 Å². The Labute approximate surface area is 99.5 Å². The summed E-state index contributed by atoms with van der Waals surface area (Å²) in [5.74, 6) is 0.255. The molecule has 17 heavy (non-hydrogen) atoms. The topological polar surface area (TPSA) is 58.3 Å². The maximum Gasteiger partial charge on any atom is 0.141 e. The van der Waals surface area contributed by atoms with Crippen LogP contribution < -0.4 is 0 Å². The molecule has 0 saturated heterocycles. The van der Waals surface area contributed by atoms with Gasteiger partial charge in [0.15, 0.2) is 0 Å². The van der Waals surface area contributed by atoms with Crippen molar-refractivity contribution >= 4 is 10.9 Å². The zero-order valence-corrected chi connectivity index (χ0v) is 9.85. The van der Waals surface area contributed by atoms with Gasteiger partial charge in [0, 0.05) is 5.39 Å². The SMILES string of the molecule is CC(O)Cn1nc2c3c(ccc(O)c31)CCC2. The molecule has 1 aliphatic carbocycles. The first-order chi connectivity index (χ1) is 8.16. The second-order valence-corrected chi connectivity index (χ2v) is 4.80. The Hall–Kier alpha value is -1.55. The largest absolute Gasteiger partial charge is 0.506 e. The Balaban J connectivity index is 2.28. The number of nitrogens with zero attached hydrogens (tertiary/aromatic N) is 2. The third-order valence-electron chi connectivity index (χ3n) is 3.33. The maximum atomic E-state index is 9.98. The maximum absolute atomic E-state index is 9.98. The average Bonchev–Trinajstić information content (AvgIpc) is 2.63. The van der Waals surface area contributed by atoms with E-state index in [1.165, 1.54) is 5.56 Å². The van der Waals surface area contributed by atoms with Gasteiger partial charge in [-0.25, -0.2) is 0 Å². The molecule has 0 radical (unpaired) electrons. The zero-order valence-electron chi connectivity index (χ0n) is 9.85. The van der Waals surface area contributed by atoms with Crippen LogP contribution in [0.1, 0.15) is 24.6 Å². The van der Waals surface area contributed by atoms with E-state index in [1.54, 1.807) is 17.7 Å². The molecule has 1 unspecified atom stereocenters. The zero-order chi connectivity index (χ0) is 12.0. The van der Waals surface area contributed by atoms with Gasteiger partial charge in [0.1, 0.15) is 11.3 Å². The minimum atomic E-state index is -0.463. The summed E-state index contributed by atoms with van der Waals surface area (Å²) < 4.78 is 1.74. The third-order valence-corrected chi connectivity index (χ3v) is 3.33. The highest BCUT2D eigenvalue weighted by Crippen LogP contribution is 2.34. The summed E-state index contributed by atoms with van der Waals surface area (Å²) >= 11 is 0. The number of benzene rings is 1. The lowest BCUT2D eigenvalue weighted by Gasteiger charge is -2.11. The van der Waals surface area contributed by atoms with Crippen molar-refractivity contribution in [2.75, 3.05) is 0 Å². The Morgan fingerprint density at radius 2 is 2.24 bits per heavy atom. The van der Waals surface area contributed by atoms with Crippen molar-refractivity contribution in [3.8, 4) is 5.75 Å². The minimum Gasteiger partial charge on any atom is -0.506 e.